The van der Waals surface area contributed by atoms with E-state index in [1.807, 2.05) is 61.5 Å². The van der Waals surface area contributed by atoms with Crippen LogP contribution in [0, 0.1) is 0 Å². The van der Waals surface area contributed by atoms with Crippen molar-refractivity contribution in [2.24, 2.45) is 0 Å². The van der Waals surface area contributed by atoms with E-state index in [-0.39, 0.29) is 19.1 Å². The molecule has 0 radical (unpaired) electrons. The van der Waals surface area contributed by atoms with Crippen molar-refractivity contribution in [1.29, 1.82) is 0 Å². The monoisotopic (exact) mass is 415 g/mol. The van der Waals surface area contributed by atoms with Crippen molar-refractivity contribution in [2.45, 2.75) is 38.3 Å². The van der Waals surface area contributed by atoms with E-state index in [4.69, 9.17) is 4.74 Å². The summed E-state index contributed by atoms with van der Waals surface area (Å²) in [4.78, 5) is 14.7. The molecule has 1 N–H and O–H groups in total. The van der Waals surface area contributed by atoms with Crippen LogP contribution in [-0.2, 0) is 11.3 Å². The Kier molecular flexibility index (Phi) is 6.10. The molecule has 3 aromatic carbocycles. The van der Waals surface area contributed by atoms with Crippen LogP contribution in [0.15, 0.2) is 78.9 Å². The molecule has 160 valence electrons. The molecule has 4 heteroatoms. The number of ether oxygens (including phenoxy) is 1. The lowest BCUT2D eigenvalue weighted by atomic mass is 9.98. The highest BCUT2D eigenvalue weighted by molar-refractivity contribution is 5.79. The van der Waals surface area contributed by atoms with Gasteiger partial charge in [0.2, 0.25) is 0 Å². The summed E-state index contributed by atoms with van der Waals surface area (Å²) >= 11 is 0. The lowest BCUT2D eigenvalue weighted by Gasteiger charge is -2.31. The van der Waals surface area contributed by atoms with E-state index in [0.717, 1.165) is 5.56 Å². The summed E-state index contributed by atoms with van der Waals surface area (Å²) in [6, 6.07) is 26.4. The van der Waals surface area contributed by atoms with E-state index in [0.29, 0.717) is 13.0 Å². The molecule has 0 aromatic heterocycles. The normalized spacial score (nSPS) is 14.4. The molecule has 0 spiro atoms. The van der Waals surface area contributed by atoms with Gasteiger partial charge < -0.3 is 14.7 Å². The molecule has 1 amide bonds. The van der Waals surface area contributed by atoms with Crippen LogP contribution in [0.4, 0.5) is 4.79 Å². The topological polar surface area (TPSA) is 49.8 Å². The van der Waals surface area contributed by atoms with Crippen LogP contribution in [0.5, 0.6) is 0 Å². The first-order chi connectivity index (χ1) is 15.0. The molecule has 0 heterocycles. The highest BCUT2D eigenvalue weighted by Crippen LogP contribution is 2.44. The smallest absolute Gasteiger partial charge is 0.410 e. The van der Waals surface area contributed by atoms with Gasteiger partial charge in [-0.3, -0.25) is 0 Å². The minimum Gasteiger partial charge on any atom is -0.448 e. The Hall–Kier alpha value is -3.11. The molecule has 4 nitrogen and oxygen atoms in total. The van der Waals surface area contributed by atoms with Crippen LogP contribution >= 0.6 is 0 Å². The Bertz CT molecular complexity index is 1000. The SMILES string of the molecule is CCC(C)(O)CN(Cc1ccccc1)C(=O)OCC1c2ccccc2-c2ccccc21. The minimum atomic E-state index is -0.972. The number of nitrogens with zero attached hydrogens (tertiary/aromatic N) is 1. The first kappa shape index (κ1) is 21.1. The zero-order valence-corrected chi connectivity index (χ0v) is 18.1. The molecule has 4 rings (SSSR count). The Balaban J connectivity index is 1.52. The number of carbonyl (C=O) groups is 1. The predicted octanol–water partition coefficient (Wildman–Crippen LogP) is 5.60. The summed E-state index contributed by atoms with van der Waals surface area (Å²) in [5.41, 5.74) is 4.81. The van der Waals surface area contributed by atoms with Gasteiger partial charge in [-0.1, -0.05) is 85.8 Å². The fraction of sp³-hybridized carbons (Fsp3) is 0.296. The van der Waals surface area contributed by atoms with Crippen LogP contribution < -0.4 is 0 Å². The van der Waals surface area contributed by atoms with E-state index in [2.05, 4.69) is 24.3 Å². The largest absolute Gasteiger partial charge is 0.448 e. The van der Waals surface area contributed by atoms with Crippen molar-refractivity contribution >= 4 is 6.09 Å². The number of carbonyl (C=O) groups excluding carboxylic acids is 1. The van der Waals surface area contributed by atoms with Gasteiger partial charge in [0.1, 0.15) is 6.61 Å². The molecule has 0 aliphatic heterocycles. The number of fused-ring (bicyclic) bond motifs is 3. The van der Waals surface area contributed by atoms with Crippen LogP contribution in [0.25, 0.3) is 11.1 Å². The third-order valence-corrected chi connectivity index (χ3v) is 6.10. The van der Waals surface area contributed by atoms with Gasteiger partial charge in [-0.25, -0.2) is 4.79 Å². The second-order valence-electron chi connectivity index (χ2n) is 8.50. The fourth-order valence-electron chi connectivity index (χ4n) is 4.20. The number of amides is 1. The third-order valence-electron chi connectivity index (χ3n) is 6.10. The van der Waals surface area contributed by atoms with Crippen molar-refractivity contribution in [2.75, 3.05) is 13.2 Å². The Morgan fingerprint density at radius 1 is 0.935 bits per heavy atom. The quantitative estimate of drug-likeness (QED) is 0.547. The molecule has 1 unspecified atom stereocenters. The van der Waals surface area contributed by atoms with Crippen molar-refractivity contribution in [3.05, 3.63) is 95.6 Å². The highest BCUT2D eigenvalue weighted by Gasteiger charge is 2.31. The lowest BCUT2D eigenvalue weighted by molar-refractivity contribution is 0.00925. The number of hydrogen-bond acceptors (Lipinski definition) is 3. The summed E-state index contributed by atoms with van der Waals surface area (Å²) in [5.74, 6) is 0.0154. The predicted molar refractivity (Wildman–Crippen MR) is 123 cm³/mol. The molecule has 3 aromatic rings. The molecule has 1 atom stereocenters. The second-order valence-corrected chi connectivity index (χ2v) is 8.50. The summed E-state index contributed by atoms with van der Waals surface area (Å²) < 4.78 is 5.84. The average Bonchev–Trinajstić information content (AvgIpc) is 3.11. The first-order valence-corrected chi connectivity index (χ1v) is 10.8. The molecule has 0 bridgehead atoms. The van der Waals surface area contributed by atoms with Gasteiger partial charge in [-0.2, -0.15) is 0 Å². The molecule has 1 aliphatic carbocycles. The minimum absolute atomic E-state index is 0.0154. The molecule has 0 saturated heterocycles. The van der Waals surface area contributed by atoms with Gasteiger partial charge in [0.25, 0.3) is 0 Å². The van der Waals surface area contributed by atoms with E-state index < -0.39 is 11.7 Å². The summed E-state index contributed by atoms with van der Waals surface area (Å²) in [6.45, 7) is 4.55. The second kappa shape index (κ2) is 8.94. The number of rotatable bonds is 7. The average molecular weight is 416 g/mol. The van der Waals surface area contributed by atoms with Crippen molar-refractivity contribution in [3.8, 4) is 11.1 Å². The standard InChI is InChI=1S/C27H29NO3/c1-3-27(2,30)19-28(17-20-11-5-4-6-12-20)26(29)31-18-25-23-15-9-7-13-21(23)22-14-8-10-16-24(22)25/h4-16,25,30H,3,17-19H2,1-2H3. The maximum Gasteiger partial charge on any atom is 0.410 e. The molecule has 0 fully saturated rings. The van der Waals surface area contributed by atoms with E-state index in [1.165, 1.54) is 22.3 Å². The molecule has 0 saturated carbocycles. The van der Waals surface area contributed by atoms with E-state index in [1.54, 1.807) is 11.8 Å². The van der Waals surface area contributed by atoms with Crippen LogP contribution in [0.2, 0.25) is 0 Å². The zero-order valence-electron chi connectivity index (χ0n) is 18.1. The maximum absolute atomic E-state index is 13.1. The van der Waals surface area contributed by atoms with Crippen molar-refractivity contribution in [3.63, 3.8) is 0 Å². The van der Waals surface area contributed by atoms with Crippen LogP contribution in [-0.4, -0.2) is 34.9 Å². The molecular weight excluding hydrogens is 386 g/mol. The summed E-state index contributed by atoms with van der Waals surface area (Å²) in [7, 11) is 0. The van der Waals surface area contributed by atoms with Gasteiger partial charge >= 0.3 is 6.09 Å². The Labute approximate surface area is 184 Å². The Morgan fingerprint density at radius 2 is 1.48 bits per heavy atom. The molecule has 31 heavy (non-hydrogen) atoms. The molecule has 1 aliphatic rings. The van der Waals surface area contributed by atoms with Gasteiger partial charge in [0, 0.05) is 12.5 Å². The van der Waals surface area contributed by atoms with Gasteiger partial charge in [-0.15, -0.1) is 0 Å². The number of hydrogen-bond donors (Lipinski definition) is 1. The van der Waals surface area contributed by atoms with E-state index >= 15 is 0 Å². The zero-order chi connectivity index (χ0) is 21.8. The van der Waals surface area contributed by atoms with Crippen LogP contribution in [0.3, 0.4) is 0 Å². The maximum atomic E-state index is 13.1. The fourth-order valence-corrected chi connectivity index (χ4v) is 4.20. The number of benzene rings is 3. The van der Waals surface area contributed by atoms with Gasteiger partial charge in [0.15, 0.2) is 0 Å². The summed E-state index contributed by atoms with van der Waals surface area (Å²) in [6.07, 6.45) is 0.147. The van der Waals surface area contributed by atoms with Crippen molar-refractivity contribution in [1.82, 2.24) is 4.90 Å². The van der Waals surface area contributed by atoms with Crippen molar-refractivity contribution < 1.29 is 14.6 Å². The highest BCUT2D eigenvalue weighted by atomic mass is 16.6. The number of aliphatic hydroxyl groups is 1. The van der Waals surface area contributed by atoms with Gasteiger partial charge in [-0.05, 0) is 41.2 Å². The van der Waals surface area contributed by atoms with Crippen LogP contribution in [0.1, 0.15) is 42.9 Å². The molecular formula is C27H29NO3. The van der Waals surface area contributed by atoms with E-state index in [9.17, 15) is 9.90 Å². The van der Waals surface area contributed by atoms with Gasteiger partial charge in [0.05, 0.1) is 12.1 Å². The third kappa shape index (κ3) is 4.64. The lowest BCUT2D eigenvalue weighted by Crippen LogP contribution is -2.43. The Morgan fingerprint density at radius 3 is 2.06 bits per heavy atom. The summed E-state index contributed by atoms with van der Waals surface area (Å²) in [5, 5.41) is 10.6. The first-order valence-electron chi connectivity index (χ1n) is 10.8.